The highest BCUT2D eigenvalue weighted by Gasteiger charge is 2.24. The molecule has 1 saturated heterocycles. The van der Waals surface area contributed by atoms with Gasteiger partial charge in [0.05, 0.1) is 6.04 Å². The number of amides is 1. The van der Waals surface area contributed by atoms with Crippen LogP contribution in [0.25, 0.3) is 0 Å². The number of hydrogen-bond acceptors (Lipinski definition) is 3. The molecule has 4 nitrogen and oxygen atoms in total. The minimum atomic E-state index is -0.258. The van der Waals surface area contributed by atoms with Crippen molar-refractivity contribution in [2.24, 2.45) is 5.73 Å². The van der Waals surface area contributed by atoms with Gasteiger partial charge >= 0.3 is 0 Å². The minimum absolute atomic E-state index is 0.119. The molecule has 1 aliphatic heterocycles. The van der Waals surface area contributed by atoms with Gasteiger partial charge in [-0.25, -0.2) is 0 Å². The first kappa shape index (κ1) is 11.5. The Kier molecular flexibility index (Phi) is 4.90. The normalized spacial score (nSPS) is 22.9. The Labute approximate surface area is 85.4 Å². The standard InChI is InChI=1S/C10H20N2O2/c1-14-8-3-2-6-12-7-4-5-9(11)10(12)13/h9H,2-8,11H2,1H3. The second-order valence-electron chi connectivity index (χ2n) is 3.77. The summed E-state index contributed by atoms with van der Waals surface area (Å²) in [5, 5.41) is 0. The number of nitrogens with two attached hydrogens (primary N) is 1. The number of likely N-dealkylation sites (tertiary alicyclic amines) is 1. The highest BCUT2D eigenvalue weighted by molar-refractivity contribution is 5.82. The van der Waals surface area contributed by atoms with E-state index >= 15 is 0 Å². The molecule has 4 heteroatoms. The molecule has 1 atom stereocenters. The summed E-state index contributed by atoms with van der Waals surface area (Å²) in [6.45, 7) is 2.48. The maximum atomic E-state index is 11.6. The molecule has 82 valence electrons. The van der Waals surface area contributed by atoms with E-state index in [0.29, 0.717) is 0 Å². The maximum Gasteiger partial charge on any atom is 0.239 e. The van der Waals surface area contributed by atoms with Gasteiger partial charge in [-0.1, -0.05) is 0 Å². The van der Waals surface area contributed by atoms with Crippen LogP contribution in [0.15, 0.2) is 0 Å². The number of rotatable bonds is 5. The summed E-state index contributed by atoms with van der Waals surface area (Å²) in [6, 6.07) is -0.258. The molecule has 14 heavy (non-hydrogen) atoms. The second-order valence-corrected chi connectivity index (χ2v) is 3.77. The number of unbranched alkanes of at least 4 members (excludes halogenated alkanes) is 1. The van der Waals surface area contributed by atoms with E-state index in [0.717, 1.165) is 45.4 Å². The lowest BCUT2D eigenvalue weighted by molar-refractivity contribution is -0.135. The topological polar surface area (TPSA) is 55.6 Å². The molecular formula is C10H20N2O2. The number of carbonyl (C=O) groups excluding carboxylic acids is 1. The summed E-state index contributed by atoms with van der Waals surface area (Å²) < 4.78 is 4.95. The van der Waals surface area contributed by atoms with Crippen molar-refractivity contribution in [1.29, 1.82) is 0 Å². The van der Waals surface area contributed by atoms with Gasteiger partial charge in [-0.2, -0.15) is 0 Å². The largest absolute Gasteiger partial charge is 0.385 e. The molecule has 2 N–H and O–H groups in total. The van der Waals surface area contributed by atoms with Crippen LogP contribution >= 0.6 is 0 Å². The molecule has 1 fully saturated rings. The van der Waals surface area contributed by atoms with Crippen LogP contribution < -0.4 is 5.73 Å². The fourth-order valence-electron chi connectivity index (χ4n) is 1.74. The first-order valence-electron chi connectivity index (χ1n) is 5.29. The summed E-state index contributed by atoms with van der Waals surface area (Å²) >= 11 is 0. The third-order valence-electron chi connectivity index (χ3n) is 2.60. The lowest BCUT2D eigenvalue weighted by Gasteiger charge is -2.30. The average Bonchev–Trinajstić information content (AvgIpc) is 2.19. The molecular weight excluding hydrogens is 180 g/mol. The number of methoxy groups -OCH3 is 1. The van der Waals surface area contributed by atoms with Crippen molar-refractivity contribution in [2.45, 2.75) is 31.7 Å². The molecule has 1 heterocycles. The predicted octanol–water partition coefficient (Wildman–Crippen LogP) is 0.363. The smallest absolute Gasteiger partial charge is 0.239 e. The van der Waals surface area contributed by atoms with Gasteiger partial charge in [-0.3, -0.25) is 4.79 Å². The van der Waals surface area contributed by atoms with Crippen LogP contribution in [0.2, 0.25) is 0 Å². The fourth-order valence-corrected chi connectivity index (χ4v) is 1.74. The Morgan fingerprint density at radius 2 is 2.36 bits per heavy atom. The van der Waals surface area contributed by atoms with Crippen molar-refractivity contribution in [1.82, 2.24) is 4.90 Å². The van der Waals surface area contributed by atoms with Crippen molar-refractivity contribution in [3.8, 4) is 0 Å². The van der Waals surface area contributed by atoms with E-state index in [1.54, 1.807) is 7.11 Å². The van der Waals surface area contributed by atoms with Crippen LogP contribution in [0.5, 0.6) is 0 Å². The van der Waals surface area contributed by atoms with Crippen molar-refractivity contribution in [3.05, 3.63) is 0 Å². The summed E-state index contributed by atoms with van der Waals surface area (Å²) in [5.74, 6) is 0.119. The lowest BCUT2D eigenvalue weighted by atomic mass is 10.1. The Morgan fingerprint density at radius 1 is 1.57 bits per heavy atom. The van der Waals surface area contributed by atoms with Crippen LogP contribution in [-0.2, 0) is 9.53 Å². The molecule has 0 aromatic rings. The third-order valence-corrected chi connectivity index (χ3v) is 2.60. The Morgan fingerprint density at radius 3 is 3.07 bits per heavy atom. The van der Waals surface area contributed by atoms with E-state index in [1.165, 1.54) is 0 Å². The number of piperidine rings is 1. The Balaban J connectivity index is 2.19. The Hall–Kier alpha value is -0.610. The summed E-state index contributed by atoms with van der Waals surface area (Å²) in [4.78, 5) is 13.4. The molecule has 0 aliphatic carbocycles. The number of nitrogens with zero attached hydrogens (tertiary/aromatic N) is 1. The van der Waals surface area contributed by atoms with Crippen molar-refractivity contribution in [2.75, 3.05) is 26.8 Å². The highest BCUT2D eigenvalue weighted by Crippen LogP contribution is 2.10. The fraction of sp³-hybridized carbons (Fsp3) is 0.900. The molecule has 1 rings (SSSR count). The molecule has 0 bridgehead atoms. The average molecular weight is 200 g/mol. The van der Waals surface area contributed by atoms with Gasteiger partial charge in [0.25, 0.3) is 0 Å². The number of carbonyl (C=O) groups is 1. The van der Waals surface area contributed by atoms with Crippen LogP contribution in [0.1, 0.15) is 25.7 Å². The molecule has 1 aliphatic rings. The van der Waals surface area contributed by atoms with Crippen molar-refractivity contribution >= 4 is 5.91 Å². The second kappa shape index (κ2) is 5.98. The number of hydrogen-bond donors (Lipinski definition) is 1. The zero-order valence-corrected chi connectivity index (χ0v) is 8.87. The van der Waals surface area contributed by atoms with E-state index in [9.17, 15) is 4.79 Å². The molecule has 0 aromatic heterocycles. The summed E-state index contributed by atoms with van der Waals surface area (Å²) in [6.07, 6.45) is 3.90. The van der Waals surface area contributed by atoms with E-state index < -0.39 is 0 Å². The minimum Gasteiger partial charge on any atom is -0.385 e. The molecule has 0 spiro atoms. The molecule has 1 amide bonds. The lowest BCUT2D eigenvalue weighted by Crippen LogP contribution is -2.48. The van der Waals surface area contributed by atoms with Gasteiger partial charge in [0, 0.05) is 26.8 Å². The van der Waals surface area contributed by atoms with Gasteiger partial charge in [0.2, 0.25) is 5.91 Å². The van der Waals surface area contributed by atoms with Gasteiger partial charge < -0.3 is 15.4 Å². The van der Waals surface area contributed by atoms with E-state index in [1.807, 2.05) is 4.90 Å². The molecule has 0 aromatic carbocycles. The summed E-state index contributed by atoms with van der Waals surface area (Å²) in [7, 11) is 1.70. The first-order valence-corrected chi connectivity index (χ1v) is 5.29. The zero-order valence-electron chi connectivity index (χ0n) is 8.87. The SMILES string of the molecule is COCCCCN1CCCC(N)C1=O. The molecule has 1 unspecified atom stereocenters. The van der Waals surface area contributed by atoms with Gasteiger partial charge in [0.1, 0.15) is 0 Å². The first-order chi connectivity index (χ1) is 6.75. The molecule has 0 radical (unpaired) electrons. The van der Waals surface area contributed by atoms with Crippen LogP contribution in [0.4, 0.5) is 0 Å². The van der Waals surface area contributed by atoms with Gasteiger partial charge in [-0.15, -0.1) is 0 Å². The quantitative estimate of drug-likeness (QED) is 0.652. The van der Waals surface area contributed by atoms with Crippen LogP contribution in [0.3, 0.4) is 0 Å². The summed E-state index contributed by atoms with van der Waals surface area (Å²) in [5.41, 5.74) is 5.68. The van der Waals surface area contributed by atoms with Crippen molar-refractivity contribution < 1.29 is 9.53 Å². The maximum absolute atomic E-state index is 11.6. The monoisotopic (exact) mass is 200 g/mol. The number of ether oxygens (including phenoxy) is 1. The van der Waals surface area contributed by atoms with Crippen molar-refractivity contribution in [3.63, 3.8) is 0 Å². The Bertz CT molecular complexity index is 185. The van der Waals surface area contributed by atoms with E-state index in [4.69, 9.17) is 10.5 Å². The van der Waals surface area contributed by atoms with Crippen LogP contribution in [-0.4, -0.2) is 43.7 Å². The van der Waals surface area contributed by atoms with E-state index in [-0.39, 0.29) is 11.9 Å². The zero-order chi connectivity index (χ0) is 10.4. The molecule has 0 saturated carbocycles. The highest BCUT2D eigenvalue weighted by atomic mass is 16.5. The third kappa shape index (κ3) is 3.27. The van der Waals surface area contributed by atoms with Gasteiger partial charge in [0.15, 0.2) is 0 Å². The van der Waals surface area contributed by atoms with Crippen LogP contribution in [0, 0.1) is 0 Å². The predicted molar refractivity (Wildman–Crippen MR) is 54.9 cm³/mol. The van der Waals surface area contributed by atoms with E-state index in [2.05, 4.69) is 0 Å². The van der Waals surface area contributed by atoms with Gasteiger partial charge in [-0.05, 0) is 25.7 Å².